The van der Waals surface area contributed by atoms with Gasteiger partial charge >= 0.3 is 0 Å². The first-order valence-corrected chi connectivity index (χ1v) is 10.2. The molecule has 2 heterocycles. The van der Waals surface area contributed by atoms with Gasteiger partial charge in [0.2, 0.25) is 0 Å². The number of hydrogen-bond acceptors (Lipinski definition) is 7. The molecule has 3 rings (SSSR count). The van der Waals surface area contributed by atoms with Crippen LogP contribution in [0.4, 0.5) is 16.0 Å². The normalized spacial score (nSPS) is 11.2. The van der Waals surface area contributed by atoms with Gasteiger partial charge in [-0.2, -0.15) is 0 Å². The second-order valence-electron chi connectivity index (χ2n) is 5.84. The lowest BCUT2D eigenvalue weighted by Crippen LogP contribution is -2.12. The molecular weight excluding hydrogens is 392 g/mol. The van der Waals surface area contributed by atoms with Crippen molar-refractivity contribution in [2.75, 3.05) is 17.7 Å². The van der Waals surface area contributed by atoms with Crippen LogP contribution in [0.3, 0.4) is 0 Å². The van der Waals surface area contributed by atoms with Crippen molar-refractivity contribution in [3.63, 3.8) is 0 Å². The van der Waals surface area contributed by atoms with Crippen LogP contribution in [0.15, 0.2) is 53.9 Å². The van der Waals surface area contributed by atoms with Crippen molar-refractivity contribution in [1.29, 1.82) is 0 Å². The third kappa shape index (κ3) is 4.47. The zero-order valence-electron chi connectivity index (χ0n) is 15.8. The Morgan fingerprint density at radius 1 is 1.25 bits per heavy atom. The number of allylic oxidation sites excluding steroid dienone is 2. The summed E-state index contributed by atoms with van der Waals surface area (Å²) in [5.74, 6) is 0.554. The summed E-state index contributed by atoms with van der Waals surface area (Å²) in [6, 6.07) is 7.68. The van der Waals surface area contributed by atoms with Gasteiger partial charge in [0.05, 0.1) is 29.1 Å². The van der Waals surface area contributed by atoms with E-state index in [4.69, 9.17) is 4.74 Å². The van der Waals surface area contributed by atoms with Crippen molar-refractivity contribution in [3.8, 4) is 16.3 Å². The summed E-state index contributed by atoms with van der Waals surface area (Å²) >= 11 is 2.89. The van der Waals surface area contributed by atoms with Crippen LogP contribution in [-0.2, 0) is 4.79 Å². The maximum atomic E-state index is 12.1. The number of nitrogens with zero attached hydrogens (tertiary/aromatic N) is 2. The van der Waals surface area contributed by atoms with Crippen LogP contribution >= 0.6 is 22.7 Å². The van der Waals surface area contributed by atoms with Gasteiger partial charge in [0.25, 0.3) is 5.91 Å². The van der Waals surface area contributed by atoms with E-state index in [1.54, 1.807) is 26.2 Å². The molecule has 0 unspecified atom stereocenters. The topological polar surface area (TPSA) is 76.1 Å². The maximum Gasteiger partial charge on any atom is 0.253 e. The number of carbonyl (C=O) groups excluding carboxylic acids is 1. The minimum Gasteiger partial charge on any atom is -0.495 e. The molecule has 2 N–H and O–H groups in total. The van der Waals surface area contributed by atoms with Gasteiger partial charge in [-0.1, -0.05) is 42.2 Å². The summed E-state index contributed by atoms with van der Waals surface area (Å²) in [5.41, 5.74) is 3.06. The Kier molecular flexibility index (Phi) is 6.23. The minimum atomic E-state index is -0.197. The number of methoxy groups -OCH3 is 1. The first-order chi connectivity index (χ1) is 13.5. The zero-order valence-corrected chi connectivity index (χ0v) is 17.4. The Morgan fingerprint density at radius 2 is 2.04 bits per heavy atom. The highest BCUT2D eigenvalue weighted by molar-refractivity contribution is 7.20. The number of carbonyl (C=O) groups is 1. The number of amides is 1. The third-order valence-corrected chi connectivity index (χ3v) is 5.68. The number of hydrogen-bond donors (Lipinski definition) is 2. The number of para-hydroxylation sites is 2. The number of aryl methyl sites for hydroxylation is 1. The van der Waals surface area contributed by atoms with Crippen molar-refractivity contribution < 1.29 is 9.53 Å². The summed E-state index contributed by atoms with van der Waals surface area (Å²) < 4.78 is 5.36. The summed E-state index contributed by atoms with van der Waals surface area (Å²) in [5, 5.41) is 9.36. The Balaban J connectivity index is 1.78. The highest BCUT2D eigenvalue weighted by Crippen LogP contribution is 2.36. The van der Waals surface area contributed by atoms with E-state index in [1.807, 2.05) is 36.6 Å². The van der Waals surface area contributed by atoms with E-state index in [0.29, 0.717) is 10.7 Å². The molecule has 0 aliphatic rings. The molecule has 0 radical (unpaired) electrons. The molecular formula is C20H20N4O2S2. The van der Waals surface area contributed by atoms with E-state index in [-0.39, 0.29) is 5.91 Å². The molecule has 0 saturated carbocycles. The number of rotatable bonds is 7. The maximum absolute atomic E-state index is 12.1. The summed E-state index contributed by atoms with van der Waals surface area (Å²) in [7, 11) is 1.64. The van der Waals surface area contributed by atoms with E-state index in [1.165, 1.54) is 22.7 Å². The molecule has 3 aromatic rings. The molecule has 1 amide bonds. The highest BCUT2D eigenvalue weighted by atomic mass is 32.1. The fourth-order valence-corrected chi connectivity index (χ4v) is 4.14. The van der Waals surface area contributed by atoms with Crippen LogP contribution in [0, 0.1) is 6.92 Å². The predicted molar refractivity (Wildman–Crippen MR) is 117 cm³/mol. The number of ether oxygens (including phenoxy) is 1. The Hall–Kier alpha value is -2.97. The lowest BCUT2D eigenvalue weighted by molar-refractivity contribution is -0.112. The van der Waals surface area contributed by atoms with Gasteiger partial charge in [0.1, 0.15) is 5.75 Å². The first kappa shape index (κ1) is 19.8. The van der Waals surface area contributed by atoms with E-state index in [0.717, 1.165) is 32.8 Å². The lowest BCUT2D eigenvalue weighted by atomic mass is 10.2. The van der Waals surface area contributed by atoms with Gasteiger partial charge in [0, 0.05) is 11.0 Å². The van der Waals surface area contributed by atoms with E-state index < -0.39 is 0 Å². The molecule has 0 aliphatic heterocycles. The third-order valence-electron chi connectivity index (χ3n) is 3.83. The SMILES string of the molecule is C=CC=C(C)C(=O)Nc1nc(C)c(-c2csc(Nc3ccccc3OC)n2)s1. The fraction of sp³-hybridized carbons (Fsp3) is 0.150. The van der Waals surface area contributed by atoms with Crippen LogP contribution < -0.4 is 15.4 Å². The van der Waals surface area contributed by atoms with E-state index in [9.17, 15) is 4.79 Å². The molecule has 144 valence electrons. The zero-order chi connectivity index (χ0) is 20.1. The Bertz CT molecular complexity index is 1040. The summed E-state index contributed by atoms with van der Waals surface area (Å²) in [6.45, 7) is 7.23. The number of nitrogens with one attached hydrogen (secondary N) is 2. The molecule has 0 atom stereocenters. The summed E-state index contributed by atoms with van der Waals surface area (Å²) in [4.78, 5) is 22.2. The number of aromatic nitrogens is 2. The largest absolute Gasteiger partial charge is 0.495 e. The molecule has 0 spiro atoms. The van der Waals surface area contributed by atoms with Crippen molar-refractivity contribution in [3.05, 3.63) is 59.6 Å². The van der Waals surface area contributed by atoms with Crippen LogP contribution in [-0.4, -0.2) is 23.0 Å². The van der Waals surface area contributed by atoms with Crippen molar-refractivity contribution >= 4 is 44.5 Å². The quantitative estimate of drug-likeness (QED) is 0.401. The second-order valence-corrected chi connectivity index (χ2v) is 7.69. The molecule has 0 bridgehead atoms. The van der Waals surface area contributed by atoms with Gasteiger partial charge in [-0.15, -0.1) is 11.3 Å². The van der Waals surface area contributed by atoms with E-state index in [2.05, 4.69) is 27.2 Å². The van der Waals surface area contributed by atoms with Crippen molar-refractivity contribution in [2.45, 2.75) is 13.8 Å². The average molecular weight is 413 g/mol. The van der Waals surface area contributed by atoms with Crippen LogP contribution in [0.5, 0.6) is 5.75 Å². The van der Waals surface area contributed by atoms with Crippen LogP contribution in [0.1, 0.15) is 12.6 Å². The predicted octanol–water partition coefficient (Wildman–Crippen LogP) is 5.40. The van der Waals surface area contributed by atoms with Gasteiger partial charge in [-0.25, -0.2) is 9.97 Å². The molecule has 2 aromatic heterocycles. The van der Waals surface area contributed by atoms with Crippen molar-refractivity contribution in [2.24, 2.45) is 0 Å². The first-order valence-electron chi connectivity index (χ1n) is 8.46. The van der Waals surface area contributed by atoms with Gasteiger partial charge in [-0.3, -0.25) is 10.1 Å². The highest BCUT2D eigenvalue weighted by Gasteiger charge is 2.15. The molecule has 0 fully saturated rings. The number of benzene rings is 1. The fourth-order valence-electron chi connectivity index (χ4n) is 2.43. The Morgan fingerprint density at radius 3 is 2.79 bits per heavy atom. The summed E-state index contributed by atoms with van der Waals surface area (Å²) in [6.07, 6.45) is 3.24. The molecule has 8 heteroatoms. The van der Waals surface area contributed by atoms with Crippen LogP contribution in [0.25, 0.3) is 10.6 Å². The lowest BCUT2D eigenvalue weighted by Gasteiger charge is -2.07. The van der Waals surface area contributed by atoms with E-state index >= 15 is 0 Å². The van der Waals surface area contributed by atoms with Crippen LogP contribution in [0.2, 0.25) is 0 Å². The number of thiazole rings is 2. The molecule has 6 nitrogen and oxygen atoms in total. The molecule has 0 saturated heterocycles. The average Bonchev–Trinajstić information content (AvgIpc) is 3.28. The monoisotopic (exact) mass is 412 g/mol. The smallest absolute Gasteiger partial charge is 0.253 e. The Labute approximate surface area is 171 Å². The molecule has 0 aliphatic carbocycles. The second kappa shape index (κ2) is 8.81. The van der Waals surface area contributed by atoms with Gasteiger partial charge < -0.3 is 10.1 Å². The van der Waals surface area contributed by atoms with Gasteiger partial charge in [0.15, 0.2) is 10.3 Å². The van der Waals surface area contributed by atoms with Crippen molar-refractivity contribution in [1.82, 2.24) is 9.97 Å². The molecule has 1 aromatic carbocycles. The van der Waals surface area contributed by atoms with Gasteiger partial charge in [-0.05, 0) is 26.0 Å². The minimum absolute atomic E-state index is 0.197. The standard InChI is InChI=1S/C20H20N4O2S2/c1-5-8-12(2)18(25)24-20-21-13(3)17(28-20)15-11-27-19(23-15)22-14-9-6-7-10-16(14)26-4/h5-11H,1H2,2-4H3,(H,22,23)(H,21,24,25). The molecule has 28 heavy (non-hydrogen) atoms. The number of anilines is 3.